The van der Waals surface area contributed by atoms with Gasteiger partial charge >= 0.3 is 5.97 Å². The average molecular weight is 371 g/mol. The third-order valence-corrected chi connectivity index (χ3v) is 5.15. The highest BCUT2D eigenvalue weighted by Gasteiger charge is 2.09. The minimum Gasteiger partial charge on any atom is -0.481 e. The summed E-state index contributed by atoms with van der Waals surface area (Å²) in [5.74, 6) is -0.664. The monoisotopic (exact) mass is 370 g/mol. The molecule has 1 N–H and O–H groups in total. The van der Waals surface area contributed by atoms with E-state index in [0.29, 0.717) is 12.5 Å². The molecule has 0 saturated carbocycles. The fourth-order valence-electron chi connectivity index (χ4n) is 3.42. The Bertz CT molecular complexity index is 291. The minimum absolute atomic E-state index is 0.325. The number of hydrogen-bond acceptors (Lipinski definition) is 2. The van der Waals surface area contributed by atoms with Crippen LogP contribution in [0.15, 0.2) is 0 Å². The molecular formula is C23H46O3. The third kappa shape index (κ3) is 19.8. The van der Waals surface area contributed by atoms with Crippen molar-refractivity contribution >= 4 is 5.97 Å². The molecule has 0 aliphatic carbocycles. The smallest absolute Gasteiger partial charge is 0.303 e. The number of unbranched alkanes of at least 4 members (excludes halogenated alkanes) is 12. The third-order valence-electron chi connectivity index (χ3n) is 5.15. The lowest BCUT2D eigenvalue weighted by molar-refractivity contribution is -0.137. The van der Waals surface area contributed by atoms with Gasteiger partial charge in [-0.3, -0.25) is 4.79 Å². The van der Waals surface area contributed by atoms with Gasteiger partial charge in [0.15, 0.2) is 0 Å². The van der Waals surface area contributed by atoms with Crippen LogP contribution in [0.4, 0.5) is 0 Å². The van der Waals surface area contributed by atoms with Gasteiger partial charge in [0, 0.05) is 13.0 Å². The first-order valence-electron chi connectivity index (χ1n) is 11.5. The van der Waals surface area contributed by atoms with Crippen LogP contribution in [0.3, 0.4) is 0 Å². The Kier molecular flexibility index (Phi) is 20.3. The predicted octanol–water partition coefficient (Wildman–Crippen LogP) is 7.52. The maximum atomic E-state index is 10.5. The summed E-state index contributed by atoms with van der Waals surface area (Å²) >= 11 is 0. The number of aliphatic carboxylic acids is 1. The number of carboxylic acids is 1. The van der Waals surface area contributed by atoms with Crippen LogP contribution >= 0.6 is 0 Å². The van der Waals surface area contributed by atoms with Crippen molar-refractivity contribution < 1.29 is 14.6 Å². The average Bonchev–Trinajstić information content (AvgIpc) is 2.62. The second-order valence-electron chi connectivity index (χ2n) is 7.81. The summed E-state index contributed by atoms with van der Waals surface area (Å²) in [5, 5.41) is 8.64. The van der Waals surface area contributed by atoms with E-state index in [2.05, 4.69) is 13.8 Å². The molecule has 0 aromatic carbocycles. The molecule has 156 valence electrons. The molecule has 0 spiro atoms. The zero-order valence-corrected chi connectivity index (χ0v) is 17.8. The van der Waals surface area contributed by atoms with E-state index in [0.717, 1.165) is 19.4 Å². The van der Waals surface area contributed by atoms with Gasteiger partial charge in [0.1, 0.15) is 0 Å². The summed E-state index contributed by atoms with van der Waals surface area (Å²) in [6, 6.07) is 0. The van der Waals surface area contributed by atoms with Crippen LogP contribution < -0.4 is 0 Å². The molecule has 0 aromatic heterocycles. The van der Waals surface area contributed by atoms with Crippen molar-refractivity contribution in [3.05, 3.63) is 0 Å². The van der Waals surface area contributed by atoms with Gasteiger partial charge in [-0.15, -0.1) is 0 Å². The Morgan fingerprint density at radius 3 is 1.69 bits per heavy atom. The molecule has 0 radical (unpaired) electrons. The van der Waals surface area contributed by atoms with E-state index in [1.807, 2.05) is 0 Å². The Morgan fingerprint density at radius 1 is 0.692 bits per heavy atom. The number of carboxylic acid groups (broad SMARTS) is 1. The number of carbonyl (C=O) groups is 1. The molecule has 0 aromatic rings. The van der Waals surface area contributed by atoms with E-state index in [1.54, 1.807) is 0 Å². The highest BCUT2D eigenvalue weighted by molar-refractivity contribution is 5.66. The molecule has 1 atom stereocenters. The van der Waals surface area contributed by atoms with Gasteiger partial charge in [0.05, 0.1) is 6.10 Å². The van der Waals surface area contributed by atoms with E-state index in [1.165, 1.54) is 96.3 Å². The van der Waals surface area contributed by atoms with Crippen molar-refractivity contribution in [1.82, 2.24) is 0 Å². The molecule has 1 unspecified atom stereocenters. The largest absolute Gasteiger partial charge is 0.481 e. The summed E-state index contributed by atoms with van der Waals surface area (Å²) in [6.45, 7) is 5.44. The molecule has 0 saturated heterocycles. The summed E-state index contributed by atoms with van der Waals surface area (Å²) in [7, 11) is 0. The summed E-state index contributed by atoms with van der Waals surface area (Å²) in [5.41, 5.74) is 0. The van der Waals surface area contributed by atoms with Crippen molar-refractivity contribution in [3.8, 4) is 0 Å². The van der Waals surface area contributed by atoms with Crippen LogP contribution in [0, 0.1) is 0 Å². The Labute approximate surface area is 163 Å². The standard InChI is InChI=1S/C23H46O3/c1-3-5-7-8-11-14-18-22(26-21-17-6-4-2)19-15-12-9-10-13-16-20-23(24)25/h22H,3-21H2,1-2H3,(H,24,25). The molecule has 0 aliphatic rings. The second-order valence-corrected chi connectivity index (χ2v) is 7.81. The van der Waals surface area contributed by atoms with Crippen LogP contribution in [0.1, 0.15) is 129 Å². The highest BCUT2D eigenvalue weighted by atomic mass is 16.5. The lowest BCUT2D eigenvalue weighted by Gasteiger charge is -2.18. The lowest BCUT2D eigenvalue weighted by Crippen LogP contribution is -2.14. The zero-order chi connectivity index (χ0) is 19.3. The molecule has 0 amide bonds. The van der Waals surface area contributed by atoms with E-state index in [4.69, 9.17) is 9.84 Å². The Hall–Kier alpha value is -0.570. The van der Waals surface area contributed by atoms with Gasteiger partial charge < -0.3 is 9.84 Å². The number of rotatable bonds is 21. The second kappa shape index (κ2) is 20.7. The van der Waals surface area contributed by atoms with Crippen molar-refractivity contribution in [1.29, 1.82) is 0 Å². The maximum Gasteiger partial charge on any atom is 0.303 e. The van der Waals surface area contributed by atoms with Gasteiger partial charge in [0.2, 0.25) is 0 Å². The fraction of sp³-hybridized carbons (Fsp3) is 0.957. The van der Waals surface area contributed by atoms with Crippen LogP contribution in [0.2, 0.25) is 0 Å². The topological polar surface area (TPSA) is 46.5 Å². The molecular weight excluding hydrogens is 324 g/mol. The van der Waals surface area contributed by atoms with Gasteiger partial charge in [-0.25, -0.2) is 0 Å². The highest BCUT2D eigenvalue weighted by Crippen LogP contribution is 2.17. The fourth-order valence-corrected chi connectivity index (χ4v) is 3.42. The van der Waals surface area contributed by atoms with E-state index >= 15 is 0 Å². The molecule has 0 bridgehead atoms. The Morgan fingerprint density at radius 2 is 1.15 bits per heavy atom. The molecule has 0 rings (SSSR count). The first kappa shape index (κ1) is 25.4. The summed E-state index contributed by atoms with van der Waals surface area (Å²) in [4.78, 5) is 10.5. The number of hydrogen-bond donors (Lipinski definition) is 1. The van der Waals surface area contributed by atoms with Crippen molar-refractivity contribution in [3.63, 3.8) is 0 Å². The minimum atomic E-state index is -0.664. The first-order valence-corrected chi connectivity index (χ1v) is 11.5. The SMILES string of the molecule is CCCCCCCCC(CCCCCCCCC(=O)O)OCCCCC. The van der Waals surface area contributed by atoms with E-state index < -0.39 is 5.97 Å². The number of ether oxygens (including phenoxy) is 1. The van der Waals surface area contributed by atoms with Crippen LogP contribution in [0.5, 0.6) is 0 Å². The molecule has 0 heterocycles. The van der Waals surface area contributed by atoms with Crippen LogP contribution in [-0.4, -0.2) is 23.8 Å². The Balaban J connectivity index is 3.72. The molecule has 26 heavy (non-hydrogen) atoms. The van der Waals surface area contributed by atoms with Crippen LogP contribution in [-0.2, 0) is 9.53 Å². The predicted molar refractivity (Wildman–Crippen MR) is 112 cm³/mol. The summed E-state index contributed by atoms with van der Waals surface area (Å²) < 4.78 is 6.18. The van der Waals surface area contributed by atoms with Crippen molar-refractivity contribution in [2.24, 2.45) is 0 Å². The van der Waals surface area contributed by atoms with Crippen molar-refractivity contribution in [2.45, 2.75) is 136 Å². The molecule has 0 fully saturated rings. The van der Waals surface area contributed by atoms with Gasteiger partial charge in [-0.2, -0.15) is 0 Å². The lowest BCUT2D eigenvalue weighted by atomic mass is 10.0. The van der Waals surface area contributed by atoms with E-state index in [-0.39, 0.29) is 0 Å². The zero-order valence-electron chi connectivity index (χ0n) is 17.8. The maximum absolute atomic E-state index is 10.5. The summed E-state index contributed by atoms with van der Waals surface area (Å²) in [6.07, 6.45) is 21.9. The van der Waals surface area contributed by atoms with E-state index in [9.17, 15) is 4.79 Å². The molecule has 0 aliphatic heterocycles. The van der Waals surface area contributed by atoms with Gasteiger partial charge in [0.25, 0.3) is 0 Å². The molecule has 3 nitrogen and oxygen atoms in total. The first-order chi connectivity index (χ1) is 12.7. The van der Waals surface area contributed by atoms with Crippen LogP contribution in [0.25, 0.3) is 0 Å². The van der Waals surface area contributed by atoms with Gasteiger partial charge in [-0.05, 0) is 25.7 Å². The molecule has 3 heteroatoms. The normalized spacial score (nSPS) is 12.4. The van der Waals surface area contributed by atoms with Gasteiger partial charge in [-0.1, -0.05) is 97.3 Å². The van der Waals surface area contributed by atoms with Crippen molar-refractivity contribution in [2.75, 3.05) is 6.61 Å². The quantitative estimate of drug-likeness (QED) is 0.212.